The molecule has 0 saturated carbocycles. The van der Waals surface area contributed by atoms with Gasteiger partial charge in [0, 0.05) is 6.04 Å². The molecule has 0 unspecified atom stereocenters. The van der Waals surface area contributed by atoms with E-state index in [1.54, 1.807) is 17.2 Å². The lowest BCUT2D eigenvalue weighted by Crippen LogP contribution is -2.07. The summed E-state index contributed by atoms with van der Waals surface area (Å²) in [5.41, 5.74) is 7.44. The molecule has 14 heavy (non-hydrogen) atoms. The predicted octanol–water partition coefficient (Wildman–Crippen LogP) is 0.682. The van der Waals surface area contributed by atoms with Crippen LogP contribution in [0.1, 0.15) is 18.7 Å². The average molecular weight is 189 g/mol. The third-order valence-electron chi connectivity index (χ3n) is 1.92. The lowest BCUT2D eigenvalue weighted by Gasteiger charge is -2.05. The molecule has 0 fully saturated rings. The highest BCUT2D eigenvalue weighted by atomic mass is 15.3. The summed E-state index contributed by atoms with van der Waals surface area (Å²) in [5, 5.41) is 4.00. The quantitative estimate of drug-likeness (QED) is 0.754. The van der Waals surface area contributed by atoms with Gasteiger partial charge in [0.2, 0.25) is 0 Å². The Labute approximate surface area is 81.6 Å². The van der Waals surface area contributed by atoms with E-state index in [1.807, 2.05) is 19.1 Å². The molecule has 0 aliphatic rings. The second-order valence-corrected chi connectivity index (χ2v) is 3.07. The van der Waals surface area contributed by atoms with Crippen LogP contribution >= 0.6 is 0 Å². The van der Waals surface area contributed by atoms with Crippen LogP contribution < -0.4 is 5.73 Å². The van der Waals surface area contributed by atoms with E-state index in [-0.39, 0.29) is 6.04 Å². The van der Waals surface area contributed by atoms with Gasteiger partial charge in [0.25, 0.3) is 0 Å². The smallest absolute Gasteiger partial charge is 0.138 e. The van der Waals surface area contributed by atoms with Crippen LogP contribution in [0.15, 0.2) is 31.0 Å². The number of hydrogen-bond donors (Lipinski definition) is 1. The van der Waals surface area contributed by atoms with Crippen molar-refractivity contribution in [3.63, 3.8) is 0 Å². The zero-order chi connectivity index (χ0) is 9.97. The number of pyridine rings is 1. The van der Waals surface area contributed by atoms with Crippen LogP contribution in [0.5, 0.6) is 0 Å². The molecule has 1 atom stereocenters. The van der Waals surface area contributed by atoms with Crippen molar-refractivity contribution in [1.29, 1.82) is 0 Å². The summed E-state index contributed by atoms with van der Waals surface area (Å²) in [6.07, 6.45) is 4.84. The summed E-state index contributed by atoms with van der Waals surface area (Å²) in [4.78, 5) is 8.08. The van der Waals surface area contributed by atoms with E-state index < -0.39 is 0 Å². The Hall–Kier alpha value is -1.75. The Bertz CT molecular complexity index is 390. The number of aromatic nitrogens is 4. The van der Waals surface area contributed by atoms with Crippen molar-refractivity contribution in [3.8, 4) is 5.69 Å². The van der Waals surface area contributed by atoms with Gasteiger partial charge in [0.15, 0.2) is 0 Å². The number of hydrogen-bond acceptors (Lipinski definition) is 4. The van der Waals surface area contributed by atoms with E-state index in [4.69, 9.17) is 5.73 Å². The van der Waals surface area contributed by atoms with Crippen molar-refractivity contribution in [2.45, 2.75) is 13.0 Å². The van der Waals surface area contributed by atoms with E-state index in [9.17, 15) is 0 Å². The van der Waals surface area contributed by atoms with Crippen LogP contribution in [0, 0.1) is 0 Å². The van der Waals surface area contributed by atoms with Gasteiger partial charge in [-0.3, -0.25) is 4.98 Å². The summed E-state index contributed by atoms with van der Waals surface area (Å²) in [6.45, 7) is 1.90. The highest BCUT2D eigenvalue weighted by Crippen LogP contribution is 2.08. The number of nitrogens with zero attached hydrogens (tertiary/aromatic N) is 4. The molecule has 72 valence electrons. The Balaban J connectivity index is 2.31. The molecular formula is C9H11N5. The zero-order valence-corrected chi connectivity index (χ0v) is 7.83. The Morgan fingerprint density at radius 1 is 1.43 bits per heavy atom. The minimum absolute atomic E-state index is 0.0419. The van der Waals surface area contributed by atoms with Gasteiger partial charge >= 0.3 is 0 Å². The molecule has 0 aliphatic heterocycles. The Kier molecular flexibility index (Phi) is 2.24. The molecule has 0 amide bonds. The lowest BCUT2D eigenvalue weighted by molar-refractivity contribution is 0.774. The Morgan fingerprint density at radius 2 is 2.29 bits per heavy atom. The molecule has 0 aromatic carbocycles. The van der Waals surface area contributed by atoms with Crippen LogP contribution in [0.3, 0.4) is 0 Å². The highest BCUT2D eigenvalue weighted by molar-refractivity contribution is 5.28. The molecule has 0 radical (unpaired) electrons. The molecule has 0 spiro atoms. The van der Waals surface area contributed by atoms with Crippen molar-refractivity contribution in [1.82, 2.24) is 19.7 Å². The summed E-state index contributed by atoms with van der Waals surface area (Å²) < 4.78 is 1.65. The first-order chi connectivity index (χ1) is 6.77. The topological polar surface area (TPSA) is 69.6 Å². The first-order valence-electron chi connectivity index (χ1n) is 4.34. The molecule has 2 aromatic rings. The van der Waals surface area contributed by atoms with E-state index in [2.05, 4.69) is 15.1 Å². The maximum atomic E-state index is 5.69. The molecule has 2 aromatic heterocycles. The normalized spacial score (nSPS) is 12.7. The Morgan fingerprint density at radius 3 is 2.79 bits per heavy atom. The SMILES string of the molecule is C[C@@H](N)c1ccc(-n2cncn2)cn1. The van der Waals surface area contributed by atoms with Crippen molar-refractivity contribution >= 4 is 0 Å². The molecule has 0 saturated heterocycles. The largest absolute Gasteiger partial charge is 0.323 e. The van der Waals surface area contributed by atoms with Crippen molar-refractivity contribution in [2.24, 2.45) is 5.73 Å². The first kappa shape index (κ1) is 8.83. The molecule has 5 heteroatoms. The molecule has 2 heterocycles. The molecule has 5 nitrogen and oxygen atoms in total. The van der Waals surface area contributed by atoms with E-state index in [0.29, 0.717) is 0 Å². The van der Waals surface area contributed by atoms with Gasteiger partial charge < -0.3 is 5.73 Å². The number of nitrogens with two attached hydrogens (primary N) is 1. The van der Waals surface area contributed by atoms with Gasteiger partial charge in [-0.15, -0.1) is 0 Å². The van der Waals surface area contributed by atoms with Crippen molar-refractivity contribution < 1.29 is 0 Å². The average Bonchev–Trinajstić information content (AvgIpc) is 2.71. The fourth-order valence-electron chi connectivity index (χ4n) is 1.14. The van der Waals surface area contributed by atoms with Crippen molar-refractivity contribution in [3.05, 3.63) is 36.7 Å². The third-order valence-corrected chi connectivity index (χ3v) is 1.92. The monoisotopic (exact) mass is 189 g/mol. The minimum atomic E-state index is -0.0419. The van der Waals surface area contributed by atoms with Gasteiger partial charge in [-0.1, -0.05) is 0 Å². The highest BCUT2D eigenvalue weighted by Gasteiger charge is 2.01. The summed E-state index contributed by atoms with van der Waals surface area (Å²) in [5.74, 6) is 0. The fourth-order valence-corrected chi connectivity index (χ4v) is 1.14. The van der Waals surface area contributed by atoms with Gasteiger partial charge in [-0.05, 0) is 19.1 Å². The van der Waals surface area contributed by atoms with E-state index >= 15 is 0 Å². The van der Waals surface area contributed by atoms with Crippen LogP contribution in [-0.2, 0) is 0 Å². The maximum absolute atomic E-state index is 5.69. The number of rotatable bonds is 2. The first-order valence-corrected chi connectivity index (χ1v) is 4.34. The predicted molar refractivity (Wildman–Crippen MR) is 51.8 cm³/mol. The second kappa shape index (κ2) is 3.55. The maximum Gasteiger partial charge on any atom is 0.138 e. The van der Waals surface area contributed by atoms with Crippen LogP contribution in [-0.4, -0.2) is 19.7 Å². The van der Waals surface area contributed by atoms with E-state index in [1.165, 1.54) is 6.33 Å². The molecular weight excluding hydrogens is 178 g/mol. The standard InChI is InChI=1S/C9H11N5/c1-7(10)9-3-2-8(4-12-9)14-6-11-5-13-14/h2-7H,10H2,1H3/t7-/m1/s1. The molecule has 2 rings (SSSR count). The van der Waals surface area contributed by atoms with Crippen molar-refractivity contribution in [2.75, 3.05) is 0 Å². The zero-order valence-electron chi connectivity index (χ0n) is 7.83. The summed E-state index contributed by atoms with van der Waals surface area (Å²) >= 11 is 0. The van der Waals surface area contributed by atoms with Gasteiger partial charge in [0.1, 0.15) is 12.7 Å². The molecule has 0 bridgehead atoms. The third kappa shape index (κ3) is 1.62. The fraction of sp³-hybridized carbons (Fsp3) is 0.222. The minimum Gasteiger partial charge on any atom is -0.323 e. The van der Waals surface area contributed by atoms with Crippen LogP contribution in [0.2, 0.25) is 0 Å². The van der Waals surface area contributed by atoms with Gasteiger partial charge in [0.05, 0.1) is 17.6 Å². The van der Waals surface area contributed by atoms with Gasteiger partial charge in [-0.2, -0.15) is 5.10 Å². The summed E-state index contributed by atoms with van der Waals surface area (Å²) in [6, 6.07) is 3.77. The van der Waals surface area contributed by atoms with Crippen LogP contribution in [0.4, 0.5) is 0 Å². The molecule has 2 N–H and O–H groups in total. The van der Waals surface area contributed by atoms with Crippen LogP contribution in [0.25, 0.3) is 5.69 Å². The van der Waals surface area contributed by atoms with Gasteiger partial charge in [-0.25, -0.2) is 9.67 Å². The van der Waals surface area contributed by atoms with E-state index in [0.717, 1.165) is 11.4 Å². The summed E-state index contributed by atoms with van der Waals surface area (Å²) in [7, 11) is 0. The lowest BCUT2D eigenvalue weighted by atomic mass is 10.2. The second-order valence-electron chi connectivity index (χ2n) is 3.07. The molecule has 0 aliphatic carbocycles.